The second-order valence-corrected chi connectivity index (χ2v) is 6.21. The quantitative estimate of drug-likeness (QED) is 0.927. The third-order valence-electron chi connectivity index (χ3n) is 3.82. The molecule has 0 aliphatic carbocycles. The SMILES string of the molecule is COc1ccc(C)cc1C(O)C1CSc2ccccc21. The minimum Gasteiger partial charge on any atom is -0.496 e. The van der Waals surface area contributed by atoms with E-state index in [9.17, 15) is 5.11 Å². The van der Waals surface area contributed by atoms with Crippen molar-refractivity contribution in [2.45, 2.75) is 23.8 Å². The molecular formula is C17H18O2S. The Morgan fingerprint density at radius 3 is 2.85 bits per heavy atom. The summed E-state index contributed by atoms with van der Waals surface area (Å²) in [6.45, 7) is 2.03. The highest BCUT2D eigenvalue weighted by Gasteiger charge is 2.31. The number of aliphatic hydroxyl groups is 1. The van der Waals surface area contributed by atoms with Gasteiger partial charge in [-0.15, -0.1) is 11.8 Å². The lowest BCUT2D eigenvalue weighted by atomic mass is 9.90. The highest BCUT2D eigenvalue weighted by Crippen LogP contribution is 2.46. The number of hydrogen-bond donors (Lipinski definition) is 1. The molecule has 0 saturated carbocycles. The molecule has 1 N–H and O–H groups in total. The van der Waals surface area contributed by atoms with Crippen molar-refractivity contribution < 1.29 is 9.84 Å². The third-order valence-corrected chi connectivity index (χ3v) is 5.03. The van der Waals surface area contributed by atoms with Crippen LogP contribution in [0.2, 0.25) is 0 Å². The van der Waals surface area contributed by atoms with Gasteiger partial charge in [0.15, 0.2) is 0 Å². The van der Waals surface area contributed by atoms with E-state index in [1.165, 1.54) is 10.5 Å². The zero-order chi connectivity index (χ0) is 14.1. The van der Waals surface area contributed by atoms with Crippen LogP contribution in [0.4, 0.5) is 0 Å². The van der Waals surface area contributed by atoms with Gasteiger partial charge in [-0.05, 0) is 30.7 Å². The molecule has 3 rings (SSSR count). The van der Waals surface area contributed by atoms with Crippen LogP contribution < -0.4 is 4.74 Å². The van der Waals surface area contributed by atoms with E-state index in [4.69, 9.17) is 4.74 Å². The summed E-state index contributed by atoms with van der Waals surface area (Å²) >= 11 is 1.82. The molecule has 0 bridgehead atoms. The Morgan fingerprint density at radius 2 is 2.05 bits per heavy atom. The molecule has 2 aromatic rings. The Hall–Kier alpha value is -1.45. The molecule has 0 aromatic heterocycles. The molecule has 0 saturated heterocycles. The van der Waals surface area contributed by atoms with Gasteiger partial charge in [-0.1, -0.05) is 29.8 Å². The largest absolute Gasteiger partial charge is 0.496 e. The van der Waals surface area contributed by atoms with Crippen LogP contribution in [0.25, 0.3) is 0 Å². The zero-order valence-corrected chi connectivity index (χ0v) is 12.5. The molecule has 0 fully saturated rings. The number of fused-ring (bicyclic) bond motifs is 1. The van der Waals surface area contributed by atoms with Crippen molar-refractivity contribution in [3.8, 4) is 5.75 Å². The predicted octanol–water partition coefficient (Wildman–Crippen LogP) is 3.93. The Balaban J connectivity index is 1.98. The minimum absolute atomic E-state index is 0.131. The van der Waals surface area contributed by atoms with Crippen molar-refractivity contribution in [1.82, 2.24) is 0 Å². The molecule has 3 heteroatoms. The zero-order valence-electron chi connectivity index (χ0n) is 11.7. The molecule has 2 unspecified atom stereocenters. The Bertz CT molecular complexity index is 624. The molecule has 0 spiro atoms. The Morgan fingerprint density at radius 1 is 1.25 bits per heavy atom. The van der Waals surface area contributed by atoms with E-state index in [0.717, 1.165) is 22.6 Å². The number of ether oxygens (including phenoxy) is 1. The molecule has 1 aliphatic heterocycles. The summed E-state index contributed by atoms with van der Waals surface area (Å²) in [5.41, 5.74) is 3.27. The van der Waals surface area contributed by atoms with Crippen molar-refractivity contribution >= 4 is 11.8 Å². The lowest BCUT2D eigenvalue weighted by molar-refractivity contribution is 0.150. The predicted molar refractivity (Wildman–Crippen MR) is 82.6 cm³/mol. The fraction of sp³-hybridized carbons (Fsp3) is 0.294. The van der Waals surface area contributed by atoms with Crippen molar-refractivity contribution in [3.05, 3.63) is 59.2 Å². The molecule has 2 aromatic carbocycles. The van der Waals surface area contributed by atoms with E-state index in [2.05, 4.69) is 12.1 Å². The number of methoxy groups -OCH3 is 1. The highest BCUT2D eigenvalue weighted by molar-refractivity contribution is 7.99. The van der Waals surface area contributed by atoms with Gasteiger partial charge in [-0.25, -0.2) is 0 Å². The maximum Gasteiger partial charge on any atom is 0.124 e. The lowest BCUT2D eigenvalue weighted by Crippen LogP contribution is -2.12. The van der Waals surface area contributed by atoms with Crippen molar-refractivity contribution in [3.63, 3.8) is 0 Å². The van der Waals surface area contributed by atoms with Gasteiger partial charge in [0.25, 0.3) is 0 Å². The van der Waals surface area contributed by atoms with Crippen molar-refractivity contribution in [2.75, 3.05) is 12.9 Å². The van der Waals surface area contributed by atoms with Crippen molar-refractivity contribution in [1.29, 1.82) is 0 Å². The first-order valence-electron chi connectivity index (χ1n) is 6.75. The normalized spacial score (nSPS) is 18.6. The summed E-state index contributed by atoms with van der Waals surface area (Å²) in [4.78, 5) is 1.28. The van der Waals surface area contributed by atoms with Gasteiger partial charge in [0.2, 0.25) is 0 Å². The molecule has 1 heterocycles. The number of rotatable bonds is 3. The van der Waals surface area contributed by atoms with Gasteiger partial charge in [0.1, 0.15) is 5.75 Å². The molecule has 20 heavy (non-hydrogen) atoms. The van der Waals surface area contributed by atoms with E-state index >= 15 is 0 Å². The fourth-order valence-electron chi connectivity index (χ4n) is 2.75. The topological polar surface area (TPSA) is 29.5 Å². The molecule has 0 radical (unpaired) electrons. The van der Waals surface area contributed by atoms with E-state index in [0.29, 0.717) is 0 Å². The summed E-state index contributed by atoms with van der Waals surface area (Å²) in [7, 11) is 1.65. The first kappa shape index (κ1) is 13.5. The maximum atomic E-state index is 10.8. The van der Waals surface area contributed by atoms with Crippen LogP contribution in [0.1, 0.15) is 28.7 Å². The third kappa shape index (κ3) is 2.32. The molecule has 104 valence electrons. The lowest BCUT2D eigenvalue weighted by Gasteiger charge is -2.21. The van der Waals surface area contributed by atoms with Gasteiger partial charge in [-0.2, -0.15) is 0 Å². The summed E-state index contributed by atoms with van der Waals surface area (Å²) in [6, 6.07) is 14.3. The molecular weight excluding hydrogens is 268 g/mol. The maximum absolute atomic E-state index is 10.8. The second-order valence-electron chi connectivity index (χ2n) is 5.15. The first-order valence-corrected chi connectivity index (χ1v) is 7.73. The number of aryl methyl sites for hydroxylation is 1. The second kappa shape index (κ2) is 5.51. The van der Waals surface area contributed by atoms with Gasteiger partial charge >= 0.3 is 0 Å². The average Bonchev–Trinajstić information content (AvgIpc) is 2.90. The summed E-state index contributed by atoms with van der Waals surface area (Å²) < 4.78 is 5.40. The van der Waals surface area contributed by atoms with Gasteiger partial charge in [-0.3, -0.25) is 0 Å². The van der Waals surface area contributed by atoms with Crippen molar-refractivity contribution in [2.24, 2.45) is 0 Å². The Kier molecular flexibility index (Phi) is 3.72. The van der Waals surface area contributed by atoms with Gasteiger partial charge < -0.3 is 9.84 Å². The van der Waals surface area contributed by atoms with Crippen LogP contribution >= 0.6 is 11.8 Å². The summed E-state index contributed by atoms with van der Waals surface area (Å²) in [6.07, 6.45) is -0.527. The average molecular weight is 286 g/mol. The van der Waals surface area contributed by atoms with E-state index in [1.54, 1.807) is 7.11 Å². The van der Waals surface area contributed by atoms with Gasteiger partial charge in [0, 0.05) is 22.1 Å². The fourth-order valence-corrected chi connectivity index (χ4v) is 4.03. The van der Waals surface area contributed by atoms with Crippen LogP contribution in [0.5, 0.6) is 5.75 Å². The van der Waals surface area contributed by atoms with E-state index < -0.39 is 6.10 Å². The highest BCUT2D eigenvalue weighted by atomic mass is 32.2. The molecule has 2 atom stereocenters. The number of thioether (sulfide) groups is 1. The van der Waals surface area contributed by atoms with Crippen LogP contribution in [0, 0.1) is 6.92 Å². The number of aliphatic hydroxyl groups excluding tert-OH is 1. The van der Waals surface area contributed by atoms with Crippen LogP contribution in [-0.4, -0.2) is 18.0 Å². The first-order chi connectivity index (χ1) is 9.70. The van der Waals surface area contributed by atoms with Crippen LogP contribution in [0.3, 0.4) is 0 Å². The number of hydrogen-bond acceptors (Lipinski definition) is 3. The number of benzene rings is 2. The molecule has 1 aliphatic rings. The van der Waals surface area contributed by atoms with E-state index in [1.807, 2.05) is 49.0 Å². The summed E-state index contributed by atoms with van der Waals surface area (Å²) in [5, 5.41) is 10.8. The van der Waals surface area contributed by atoms with E-state index in [-0.39, 0.29) is 5.92 Å². The van der Waals surface area contributed by atoms with Crippen LogP contribution in [0.15, 0.2) is 47.4 Å². The molecule has 2 nitrogen and oxygen atoms in total. The smallest absolute Gasteiger partial charge is 0.124 e. The van der Waals surface area contributed by atoms with Crippen LogP contribution in [-0.2, 0) is 0 Å². The van der Waals surface area contributed by atoms with Gasteiger partial charge in [0.05, 0.1) is 13.2 Å². The molecule has 0 amide bonds. The Labute approximate surface area is 123 Å². The minimum atomic E-state index is -0.527. The standard InChI is InChI=1S/C17H18O2S/c1-11-7-8-15(19-2)13(9-11)17(18)14-10-20-16-6-4-3-5-12(14)16/h3-9,14,17-18H,10H2,1-2H3. The monoisotopic (exact) mass is 286 g/mol. The summed E-state index contributed by atoms with van der Waals surface area (Å²) in [5.74, 6) is 1.81.